The second kappa shape index (κ2) is 5.67. The molecule has 7 nitrogen and oxygen atoms in total. The van der Waals surface area contributed by atoms with Crippen molar-refractivity contribution in [3.8, 4) is 0 Å². The van der Waals surface area contributed by atoms with E-state index in [-0.39, 0.29) is 11.8 Å². The van der Waals surface area contributed by atoms with E-state index >= 15 is 0 Å². The summed E-state index contributed by atoms with van der Waals surface area (Å²) in [6.07, 6.45) is 2.94. The highest BCUT2D eigenvalue weighted by molar-refractivity contribution is 5.86. The Labute approximate surface area is 122 Å². The summed E-state index contributed by atoms with van der Waals surface area (Å²) in [5.41, 5.74) is 0. The third-order valence-corrected chi connectivity index (χ3v) is 4.38. The average molecular weight is 290 g/mol. The van der Waals surface area contributed by atoms with Crippen LogP contribution in [0.15, 0.2) is 18.3 Å². The lowest BCUT2D eigenvalue weighted by atomic mass is 9.73. The summed E-state index contributed by atoms with van der Waals surface area (Å²) in [4.78, 5) is 27.3. The maximum atomic E-state index is 12.4. The van der Waals surface area contributed by atoms with Crippen molar-refractivity contribution < 1.29 is 14.7 Å². The number of aliphatic carboxylic acids is 1. The molecule has 1 aromatic heterocycles. The minimum Gasteiger partial charge on any atom is -0.481 e. The number of rotatable bonds is 3. The minimum atomic E-state index is -0.849. The summed E-state index contributed by atoms with van der Waals surface area (Å²) in [6.45, 7) is 2.63. The summed E-state index contributed by atoms with van der Waals surface area (Å²) in [6, 6.07) is 3.74. The zero-order chi connectivity index (χ0) is 14.8. The molecule has 2 unspecified atom stereocenters. The Hall–Kier alpha value is -2.18. The molecule has 1 N–H and O–H groups in total. The smallest absolute Gasteiger partial charge is 0.307 e. The van der Waals surface area contributed by atoms with E-state index in [1.807, 2.05) is 12.1 Å². The lowest BCUT2D eigenvalue weighted by molar-refractivity contribution is -0.156. The van der Waals surface area contributed by atoms with E-state index in [4.69, 9.17) is 5.11 Å². The number of carboxylic acids is 1. The molecular weight excluding hydrogens is 272 g/mol. The van der Waals surface area contributed by atoms with Crippen LogP contribution in [0.3, 0.4) is 0 Å². The Kier molecular flexibility index (Phi) is 3.72. The number of hydrogen-bond acceptors (Lipinski definition) is 5. The van der Waals surface area contributed by atoms with Crippen LogP contribution in [0.4, 0.5) is 5.82 Å². The van der Waals surface area contributed by atoms with E-state index in [0.717, 1.165) is 5.82 Å². The zero-order valence-electron chi connectivity index (χ0n) is 11.7. The summed E-state index contributed by atoms with van der Waals surface area (Å²) in [5.74, 6) is -0.858. The van der Waals surface area contributed by atoms with Crippen molar-refractivity contribution in [2.75, 3.05) is 31.1 Å². The van der Waals surface area contributed by atoms with Gasteiger partial charge < -0.3 is 14.9 Å². The van der Waals surface area contributed by atoms with Crippen molar-refractivity contribution >= 4 is 17.7 Å². The first kappa shape index (κ1) is 13.8. The molecule has 1 saturated heterocycles. The Morgan fingerprint density at radius 1 is 1.14 bits per heavy atom. The van der Waals surface area contributed by atoms with E-state index in [0.29, 0.717) is 39.0 Å². The van der Waals surface area contributed by atoms with Crippen LogP contribution in [-0.2, 0) is 9.59 Å². The van der Waals surface area contributed by atoms with Crippen LogP contribution in [0.5, 0.6) is 0 Å². The molecule has 1 aromatic rings. The fraction of sp³-hybridized carbons (Fsp3) is 0.571. The molecular formula is C14H18N4O3. The van der Waals surface area contributed by atoms with Crippen LogP contribution in [0, 0.1) is 11.8 Å². The monoisotopic (exact) mass is 290 g/mol. The molecule has 1 aliphatic carbocycles. The fourth-order valence-electron chi connectivity index (χ4n) is 2.94. The van der Waals surface area contributed by atoms with Crippen molar-refractivity contribution in [2.45, 2.75) is 12.8 Å². The normalized spacial score (nSPS) is 25.3. The Bertz CT molecular complexity index is 528. The molecule has 2 heterocycles. The molecule has 2 aliphatic rings. The second-order valence-electron chi connectivity index (χ2n) is 5.52. The molecule has 3 rings (SSSR count). The lowest BCUT2D eigenvalue weighted by Crippen LogP contribution is -2.53. The van der Waals surface area contributed by atoms with Gasteiger partial charge in [0.15, 0.2) is 5.82 Å². The number of nitrogens with zero attached hydrogens (tertiary/aromatic N) is 4. The van der Waals surface area contributed by atoms with Crippen molar-refractivity contribution in [1.82, 2.24) is 15.1 Å². The maximum Gasteiger partial charge on any atom is 0.307 e. The van der Waals surface area contributed by atoms with Gasteiger partial charge in [0.2, 0.25) is 5.91 Å². The van der Waals surface area contributed by atoms with Gasteiger partial charge in [-0.25, -0.2) is 0 Å². The average Bonchev–Trinajstić information content (AvgIpc) is 2.46. The summed E-state index contributed by atoms with van der Waals surface area (Å²) < 4.78 is 0. The molecule has 112 valence electrons. The summed E-state index contributed by atoms with van der Waals surface area (Å²) in [5, 5.41) is 17.0. The predicted octanol–water partition coefficient (Wildman–Crippen LogP) is 0.236. The summed E-state index contributed by atoms with van der Waals surface area (Å²) >= 11 is 0. The SMILES string of the molecule is O=C(O)C1CCC1C(=O)N1CCN(c2cccnn2)CC1. The third kappa shape index (κ3) is 2.68. The van der Waals surface area contributed by atoms with Gasteiger partial charge in [0.05, 0.1) is 11.8 Å². The molecule has 0 spiro atoms. The first-order chi connectivity index (χ1) is 10.2. The number of amides is 1. The van der Waals surface area contributed by atoms with Gasteiger partial charge >= 0.3 is 5.97 Å². The van der Waals surface area contributed by atoms with Gasteiger partial charge in [0, 0.05) is 32.4 Å². The van der Waals surface area contributed by atoms with Gasteiger partial charge in [-0.2, -0.15) is 5.10 Å². The molecule has 0 bridgehead atoms. The van der Waals surface area contributed by atoms with Crippen molar-refractivity contribution in [3.05, 3.63) is 18.3 Å². The minimum absolute atomic E-state index is 0.00699. The van der Waals surface area contributed by atoms with E-state index in [1.54, 1.807) is 11.1 Å². The number of anilines is 1. The molecule has 1 aliphatic heterocycles. The molecule has 2 fully saturated rings. The number of carbonyl (C=O) groups is 2. The van der Waals surface area contributed by atoms with Gasteiger partial charge in [0.1, 0.15) is 0 Å². The number of hydrogen-bond donors (Lipinski definition) is 1. The number of piperazine rings is 1. The van der Waals surface area contributed by atoms with E-state index in [2.05, 4.69) is 15.1 Å². The van der Waals surface area contributed by atoms with Gasteiger partial charge in [-0.15, -0.1) is 5.10 Å². The molecule has 0 aromatic carbocycles. The molecule has 0 radical (unpaired) electrons. The lowest BCUT2D eigenvalue weighted by Gasteiger charge is -2.40. The van der Waals surface area contributed by atoms with Gasteiger partial charge in [-0.05, 0) is 25.0 Å². The number of aromatic nitrogens is 2. The van der Waals surface area contributed by atoms with E-state index < -0.39 is 11.9 Å². The fourth-order valence-corrected chi connectivity index (χ4v) is 2.94. The topological polar surface area (TPSA) is 86.6 Å². The van der Waals surface area contributed by atoms with Crippen LogP contribution >= 0.6 is 0 Å². The van der Waals surface area contributed by atoms with Crippen LogP contribution in [0.1, 0.15) is 12.8 Å². The summed E-state index contributed by atoms with van der Waals surface area (Å²) in [7, 11) is 0. The molecule has 7 heteroatoms. The first-order valence-corrected chi connectivity index (χ1v) is 7.21. The van der Waals surface area contributed by atoms with Crippen LogP contribution in [0.25, 0.3) is 0 Å². The van der Waals surface area contributed by atoms with Gasteiger partial charge in [0.25, 0.3) is 0 Å². The van der Waals surface area contributed by atoms with Crippen molar-refractivity contribution in [3.63, 3.8) is 0 Å². The highest BCUT2D eigenvalue weighted by atomic mass is 16.4. The van der Waals surface area contributed by atoms with Crippen molar-refractivity contribution in [2.24, 2.45) is 11.8 Å². The van der Waals surface area contributed by atoms with Crippen LogP contribution in [0.2, 0.25) is 0 Å². The van der Waals surface area contributed by atoms with Crippen molar-refractivity contribution in [1.29, 1.82) is 0 Å². The number of carbonyl (C=O) groups excluding carboxylic acids is 1. The van der Waals surface area contributed by atoms with Crippen LogP contribution < -0.4 is 4.90 Å². The number of carboxylic acid groups (broad SMARTS) is 1. The quantitative estimate of drug-likeness (QED) is 0.858. The largest absolute Gasteiger partial charge is 0.481 e. The van der Waals surface area contributed by atoms with E-state index in [9.17, 15) is 9.59 Å². The molecule has 1 amide bonds. The van der Waals surface area contributed by atoms with Gasteiger partial charge in [-0.3, -0.25) is 9.59 Å². The highest BCUT2D eigenvalue weighted by Gasteiger charge is 2.43. The second-order valence-corrected chi connectivity index (χ2v) is 5.52. The zero-order valence-corrected chi connectivity index (χ0v) is 11.7. The first-order valence-electron chi connectivity index (χ1n) is 7.21. The van der Waals surface area contributed by atoms with E-state index in [1.165, 1.54) is 0 Å². The molecule has 2 atom stereocenters. The van der Waals surface area contributed by atoms with Gasteiger partial charge in [-0.1, -0.05) is 0 Å². The highest BCUT2D eigenvalue weighted by Crippen LogP contribution is 2.36. The third-order valence-electron chi connectivity index (χ3n) is 4.38. The molecule has 1 saturated carbocycles. The van der Waals surface area contributed by atoms with Crippen LogP contribution in [-0.4, -0.2) is 58.3 Å². The Balaban J connectivity index is 1.56. The standard InChI is InChI=1S/C14H18N4O3/c19-13(10-3-4-11(10)14(20)21)18-8-6-17(7-9-18)12-2-1-5-15-16-12/h1-2,5,10-11H,3-4,6-9H2,(H,20,21). The molecule has 21 heavy (non-hydrogen) atoms. The predicted molar refractivity (Wildman–Crippen MR) is 74.7 cm³/mol. The Morgan fingerprint density at radius 2 is 1.86 bits per heavy atom. The maximum absolute atomic E-state index is 12.4. The Morgan fingerprint density at radius 3 is 2.38 bits per heavy atom.